The summed E-state index contributed by atoms with van der Waals surface area (Å²) in [6, 6.07) is 14.2. The highest BCUT2D eigenvalue weighted by atomic mass is 16.6. The van der Waals surface area contributed by atoms with Crippen LogP contribution in [-0.4, -0.2) is 61.6 Å². The number of esters is 3. The molecule has 0 aromatic heterocycles. The summed E-state index contributed by atoms with van der Waals surface area (Å²) < 4.78 is 15.3. The van der Waals surface area contributed by atoms with Crippen LogP contribution in [0.15, 0.2) is 59.7 Å². The summed E-state index contributed by atoms with van der Waals surface area (Å²) in [6.07, 6.45) is 0.947. The third kappa shape index (κ3) is 5.01. The van der Waals surface area contributed by atoms with E-state index >= 15 is 0 Å². The van der Waals surface area contributed by atoms with Gasteiger partial charge in [0.2, 0.25) is 0 Å². The van der Waals surface area contributed by atoms with Crippen LogP contribution < -0.4 is 5.32 Å². The van der Waals surface area contributed by atoms with Crippen molar-refractivity contribution >= 4 is 29.5 Å². The van der Waals surface area contributed by atoms with Crippen LogP contribution in [0.3, 0.4) is 0 Å². The summed E-state index contributed by atoms with van der Waals surface area (Å²) in [5.41, 5.74) is 1.03. The maximum atomic E-state index is 13.5. The summed E-state index contributed by atoms with van der Waals surface area (Å²) in [4.78, 5) is 52.5. The Morgan fingerprint density at radius 2 is 1.56 bits per heavy atom. The van der Waals surface area contributed by atoms with E-state index in [4.69, 9.17) is 14.2 Å². The summed E-state index contributed by atoms with van der Waals surface area (Å²) in [5, 5.41) is 2.74. The Morgan fingerprint density at radius 3 is 2.11 bits per heavy atom. The van der Waals surface area contributed by atoms with E-state index in [0.29, 0.717) is 25.9 Å². The van der Waals surface area contributed by atoms with Crippen molar-refractivity contribution in [2.45, 2.75) is 31.9 Å². The zero-order chi connectivity index (χ0) is 25.9. The van der Waals surface area contributed by atoms with Gasteiger partial charge in [-0.05, 0) is 30.7 Å². The number of ether oxygens (including phenoxy) is 3. The number of methoxy groups -OCH3 is 2. The van der Waals surface area contributed by atoms with E-state index in [1.54, 1.807) is 6.92 Å². The van der Waals surface area contributed by atoms with Gasteiger partial charge < -0.3 is 19.5 Å². The molecule has 1 fully saturated rings. The second kappa shape index (κ2) is 10.3. The Labute approximate surface area is 209 Å². The van der Waals surface area contributed by atoms with Crippen molar-refractivity contribution in [3.63, 3.8) is 0 Å². The summed E-state index contributed by atoms with van der Waals surface area (Å²) in [5.74, 6) is -2.38. The normalized spacial score (nSPS) is 17.0. The Bertz CT molecular complexity index is 1190. The minimum absolute atomic E-state index is 0.0732. The molecule has 2 aromatic carbocycles. The fourth-order valence-corrected chi connectivity index (χ4v) is 4.76. The van der Waals surface area contributed by atoms with E-state index in [2.05, 4.69) is 22.3 Å². The van der Waals surface area contributed by atoms with Crippen LogP contribution in [-0.2, 0) is 30.3 Å². The lowest BCUT2D eigenvalue weighted by molar-refractivity contribution is -0.150. The molecule has 1 N–H and O–H groups in total. The van der Waals surface area contributed by atoms with Crippen LogP contribution in [0, 0.1) is 0 Å². The molecular formula is C27H28N2O7. The van der Waals surface area contributed by atoms with Gasteiger partial charge in [0, 0.05) is 43.7 Å². The van der Waals surface area contributed by atoms with Crippen molar-refractivity contribution in [3.05, 3.63) is 76.4 Å². The van der Waals surface area contributed by atoms with Gasteiger partial charge in [-0.1, -0.05) is 30.3 Å². The van der Waals surface area contributed by atoms with Gasteiger partial charge in [-0.3, -0.25) is 9.69 Å². The van der Waals surface area contributed by atoms with Gasteiger partial charge in [-0.25, -0.2) is 14.4 Å². The first-order chi connectivity index (χ1) is 17.3. The SMILES string of the molecule is COC(=O)c1cc(NC(=O)C2=C(C)C(=O)OC23CCN(Cc2ccccc2)CC3)cc(C(=O)OC)c1. The summed E-state index contributed by atoms with van der Waals surface area (Å²) in [7, 11) is 2.43. The Hall–Kier alpha value is -3.98. The van der Waals surface area contributed by atoms with Crippen molar-refractivity contribution < 1.29 is 33.4 Å². The largest absolute Gasteiger partial charge is 0.465 e. The Morgan fingerprint density at radius 1 is 0.972 bits per heavy atom. The van der Waals surface area contributed by atoms with Gasteiger partial charge in [0.1, 0.15) is 5.60 Å². The van der Waals surface area contributed by atoms with Gasteiger partial charge in [-0.15, -0.1) is 0 Å². The van der Waals surface area contributed by atoms with Crippen LogP contribution >= 0.6 is 0 Å². The lowest BCUT2D eigenvalue weighted by atomic mass is 9.82. The zero-order valence-corrected chi connectivity index (χ0v) is 20.5. The molecule has 0 bridgehead atoms. The second-order valence-electron chi connectivity index (χ2n) is 8.88. The fourth-order valence-electron chi connectivity index (χ4n) is 4.76. The van der Waals surface area contributed by atoms with E-state index in [1.165, 1.54) is 38.0 Å². The van der Waals surface area contributed by atoms with Crippen molar-refractivity contribution in [1.29, 1.82) is 0 Å². The molecule has 2 heterocycles. The minimum Gasteiger partial charge on any atom is -0.465 e. The van der Waals surface area contributed by atoms with E-state index < -0.39 is 29.4 Å². The molecule has 1 amide bonds. The predicted octanol–water partition coefficient (Wildman–Crippen LogP) is 3.11. The number of carbonyl (C=O) groups is 4. The number of benzene rings is 2. The molecule has 36 heavy (non-hydrogen) atoms. The van der Waals surface area contributed by atoms with Gasteiger partial charge >= 0.3 is 17.9 Å². The quantitative estimate of drug-likeness (QED) is 0.484. The minimum atomic E-state index is -1.02. The molecule has 0 atom stereocenters. The molecule has 0 unspecified atom stereocenters. The second-order valence-corrected chi connectivity index (χ2v) is 8.88. The lowest BCUT2D eigenvalue weighted by Crippen LogP contribution is -2.47. The number of likely N-dealkylation sites (tertiary alicyclic amines) is 1. The molecular weight excluding hydrogens is 464 g/mol. The number of carbonyl (C=O) groups excluding carboxylic acids is 4. The highest BCUT2D eigenvalue weighted by Gasteiger charge is 2.50. The molecule has 0 saturated carbocycles. The van der Waals surface area contributed by atoms with Gasteiger partial charge in [0.25, 0.3) is 5.91 Å². The van der Waals surface area contributed by atoms with E-state index in [0.717, 1.165) is 6.54 Å². The monoisotopic (exact) mass is 492 g/mol. The molecule has 1 spiro atoms. The predicted molar refractivity (Wildman–Crippen MR) is 130 cm³/mol. The fraction of sp³-hybridized carbons (Fsp3) is 0.333. The number of amides is 1. The highest BCUT2D eigenvalue weighted by Crippen LogP contribution is 2.41. The van der Waals surface area contributed by atoms with Crippen molar-refractivity contribution in [1.82, 2.24) is 4.90 Å². The summed E-state index contributed by atoms with van der Waals surface area (Å²) in [6.45, 7) is 3.64. The van der Waals surface area contributed by atoms with Gasteiger partial charge in [0.15, 0.2) is 0 Å². The van der Waals surface area contributed by atoms with E-state index in [-0.39, 0.29) is 28.0 Å². The maximum Gasteiger partial charge on any atom is 0.337 e. The number of anilines is 1. The third-order valence-corrected chi connectivity index (χ3v) is 6.60. The molecule has 9 heteroatoms. The number of piperidine rings is 1. The van der Waals surface area contributed by atoms with E-state index in [9.17, 15) is 19.2 Å². The maximum absolute atomic E-state index is 13.5. The molecule has 2 aliphatic heterocycles. The van der Waals surface area contributed by atoms with Crippen molar-refractivity contribution in [2.75, 3.05) is 32.6 Å². The number of nitrogens with zero attached hydrogens (tertiary/aromatic N) is 1. The first kappa shape index (κ1) is 25.1. The molecule has 0 aliphatic carbocycles. The van der Waals surface area contributed by atoms with Crippen LogP contribution in [0.25, 0.3) is 0 Å². The zero-order valence-electron chi connectivity index (χ0n) is 20.5. The average molecular weight is 493 g/mol. The standard InChI is InChI=1S/C27H28N2O7/c1-17-22(23(30)28-21-14-19(25(32)34-2)13-20(15-21)26(33)35-3)27(36-24(17)31)9-11-29(12-10-27)16-18-7-5-4-6-8-18/h4-8,13-15H,9-12,16H2,1-3H3,(H,28,30). The number of nitrogens with one attached hydrogen (secondary N) is 1. The topological polar surface area (TPSA) is 111 Å². The average Bonchev–Trinajstić information content (AvgIpc) is 3.13. The molecule has 2 aromatic rings. The van der Waals surface area contributed by atoms with E-state index in [1.807, 2.05) is 18.2 Å². The Balaban J connectivity index is 1.55. The van der Waals surface area contributed by atoms with Crippen LogP contribution in [0.4, 0.5) is 5.69 Å². The highest BCUT2D eigenvalue weighted by molar-refractivity contribution is 6.13. The molecule has 2 aliphatic rings. The molecule has 0 radical (unpaired) electrons. The molecule has 4 rings (SSSR count). The number of hydrogen-bond donors (Lipinski definition) is 1. The number of rotatable bonds is 6. The smallest absolute Gasteiger partial charge is 0.337 e. The number of hydrogen-bond acceptors (Lipinski definition) is 8. The molecule has 1 saturated heterocycles. The van der Waals surface area contributed by atoms with Crippen LogP contribution in [0.5, 0.6) is 0 Å². The van der Waals surface area contributed by atoms with Crippen molar-refractivity contribution in [3.8, 4) is 0 Å². The Kier molecular flexibility index (Phi) is 7.21. The van der Waals surface area contributed by atoms with Crippen LogP contribution in [0.1, 0.15) is 46.0 Å². The van der Waals surface area contributed by atoms with Crippen molar-refractivity contribution in [2.24, 2.45) is 0 Å². The van der Waals surface area contributed by atoms with Crippen LogP contribution in [0.2, 0.25) is 0 Å². The van der Waals surface area contributed by atoms with Gasteiger partial charge in [-0.2, -0.15) is 0 Å². The summed E-state index contributed by atoms with van der Waals surface area (Å²) >= 11 is 0. The molecule has 188 valence electrons. The first-order valence-electron chi connectivity index (χ1n) is 11.6. The first-order valence-corrected chi connectivity index (χ1v) is 11.6. The lowest BCUT2D eigenvalue weighted by Gasteiger charge is -2.39. The van der Waals surface area contributed by atoms with Gasteiger partial charge in [0.05, 0.1) is 30.9 Å². The molecule has 9 nitrogen and oxygen atoms in total. The third-order valence-electron chi connectivity index (χ3n) is 6.60.